The first-order valence-electron chi connectivity index (χ1n) is 14.0. The fourth-order valence-electron chi connectivity index (χ4n) is 4.76. The van der Waals surface area contributed by atoms with Gasteiger partial charge in [-0.2, -0.15) is 0 Å². The summed E-state index contributed by atoms with van der Waals surface area (Å²) in [6.45, 7) is 25.9. The fraction of sp³-hybridized carbons (Fsp3) is 0.400. The van der Waals surface area contributed by atoms with E-state index in [2.05, 4.69) is 112 Å². The SMILES string of the molecule is C=Cc1cc(C(C)C)c(/N=C(\C)c2cccc(/C(C)=N/c3c(C(C)C)cccc3C(C)C)n2)c(C(C)C)c1.[Br-].[Br-].[Co+2]. The second-order valence-electron chi connectivity index (χ2n) is 11.5. The number of aromatic nitrogens is 1. The summed E-state index contributed by atoms with van der Waals surface area (Å²) in [7, 11) is 0. The molecule has 1 heterocycles. The standard InChI is InChI=1S/C35H45N3.2BrH.Co/c1-12-27-19-30(23(6)7)35(31(20-27)24(8)9)37-26(11)33-18-14-17-32(38-33)25(10)36-34-28(21(2)3)15-13-16-29(34)22(4)5;;;/h12-24H,1H2,2-11H3;2*1H;/q;;;+2/p-2/b36-25+,37-26+;;;. The van der Waals surface area contributed by atoms with Crippen molar-refractivity contribution in [3.05, 3.63) is 94.3 Å². The van der Waals surface area contributed by atoms with Gasteiger partial charge in [0.2, 0.25) is 0 Å². The van der Waals surface area contributed by atoms with Crippen molar-refractivity contribution < 1.29 is 50.7 Å². The Balaban J connectivity index is 0.00000533. The van der Waals surface area contributed by atoms with E-state index in [1.165, 1.54) is 22.3 Å². The Morgan fingerprint density at radius 2 is 0.976 bits per heavy atom. The molecule has 1 radical (unpaired) electrons. The molecule has 0 unspecified atom stereocenters. The van der Waals surface area contributed by atoms with E-state index in [1.54, 1.807) is 0 Å². The van der Waals surface area contributed by atoms with Crippen LogP contribution in [-0.2, 0) is 16.8 Å². The molecule has 0 aliphatic heterocycles. The van der Waals surface area contributed by atoms with Gasteiger partial charge in [0.1, 0.15) is 0 Å². The van der Waals surface area contributed by atoms with Crippen molar-refractivity contribution in [3.8, 4) is 0 Å². The number of para-hydroxylation sites is 1. The fourth-order valence-corrected chi connectivity index (χ4v) is 4.76. The number of nitrogens with zero attached hydrogens (tertiary/aromatic N) is 3. The summed E-state index contributed by atoms with van der Waals surface area (Å²) < 4.78 is 0. The summed E-state index contributed by atoms with van der Waals surface area (Å²) in [4.78, 5) is 15.4. The van der Waals surface area contributed by atoms with Gasteiger partial charge in [-0.25, -0.2) is 4.98 Å². The van der Waals surface area contributed by atoms with Crippen molar-refractivity contribution in [1.29, 1.82) is 0 Å². The summed E-state index contributed by atoms with van der Waals surface area (Å²) in [5.74, 6) is 1.49. The summed E-state index contributed by atoms with van der Waals surface area (Å²) >= 11 is 0. The van der Waals surface area contributed by atoms with E-state index >= 15 is 0 Å². The molecule has 3 rings (SSSR count). The van der Waals surface area contributed by atoms with Crippen LogP contribution in [0.1, 0.15) is 132 Å². The summed E-state index contributed by atoms with van der Waals surface area (Å²) in [6, 6.07) is 17.1. The molecule has 0 bridgehead atoms. The van der Waals surface area contributed by atoms with Gasteiger partial charge < -0.3 is 34.0 Å². The van der Waals surface area contributed by atoms with Crippen LogP contribution in [0.25, 0.3) is 6.08 Å². The molecule has 0 atom stereocenters. The van der Waals surface area contributed by atoms with Crippen molar-refractivity contribution in [2.75, 3.05) is 0 Å². The Bertz CT molecular complexity index is 1320. The number of aliphatic imine (C=N–C) groups is 2. The van der Waals surface area contributed by atoms with E-state index < -0.39 is 0 Å². The maximum absolute atomic E-state index is 5.19. The molecule has 0 saturated heterocycles. The summed E-state index contributed by atoms with van der Waals surface area (Å²) in [5.41, 5.74) is 11.9. The second kappa shape index (κ2) is 17.3. The Labute approximate surface area is 280 Å². The average molecular weight is 727 g/mol. The first-order chi connectivity index (χ1) is 17.9. The average Bonchev–Trinajstić information content (AvgIpc) is 2.88. The molecule has 0 saturated carbocycles. The molecule has 1 aromatic heterocycles. The molecule has 0 fully saturated rings. The van der Waals surface area contributed by atoms with Crippen molar-refractivity contribution in [1.82, 2.24) is 4.98 Å². The van der Waals surface area contributed by atoms with Gasteiger partial charge in [-0.3, -0.25) is 9.98 Å². The minimum Gasteiger partial charge on any atom is -1.00 e. The largest absolute Gasteiger partial charge is 2.00 e. The number of pyridine rings is 1. The minimum atomic E-state index is 0. The van der Waals surface area contributed by atoms with Crippen LogP contribution in [0, 0.1) is 0 Å². The third-order valence-electron chi connectivity index (χ3n) is 7.06. The Kier molecular flexibility index (Phi) is 16.5. The third-order valence-corrected chi connectivity index (χ3v) is 7.06. The van der Waals surface area contributed by atoms with Crippen LogP contribution in [-0.4, -0.2) is 16.4 Å². The zero-order valence-electron chi connectivity index (χ0n) is 26.1. The van der Waals surface area contributed by atoms with Crippen molar-refractivity contribution >= 4 is 28.9 Å². The molecule has 6 heteroatoms. The first kappa shape index (κ1) is 39.1. The number of benzene rings is 2. The molecule has 2 aromatic carbocycles. The van der Waals surface area contributed by atoms with Gasteiger partial charge in [-0.15, -0.1) is 0 Å². The quantitative estimate of drug-likeness (QED) is 0.300. The number of halogens is 2. The van der Waals surface area contributed by atoms with E-state index in [4.69, 9.17) is 15.0 Å². The Morgan fingerprint density at radius 1 is 0.634 bits per heavy atom. The molecule has 223 valence electrons. The van der Waals surface area contributed by atoms with E-state index in [1.807, 2.05) is 18.2 Å². The Morgan fingerprint density at radius 3 is 1.32 bits per heavy atom. The van der Waals surface area contributed by atoms with E-state index in [-0.39, 0.29) is 50.7 Å². The van der Waals surface area contributed by atoms with Crippen LogP contribution in [0.3, 0.4) is 0 Å². The predicted molar refractivity (Wildman–Crippen MR) is 167 cm³/mol. The van der Waals surface area contributed by atoms with Crippen LogP contribution >= 0.6 is 0 Å². The summed E-state index contributed by atoms with van der Waals surface area (Å²) in [6.07, 6.45) is 1.92. The van der Waals surface area contributed by atoms with Crippen molar-refractivity contribution in [3.63, 3.8) is 0 Å². The zero-order chi connectivity index (χ0) is 28.1. The third kappa shape index (κ3) is 9.57. The second-order valence-corrected chi connectivity index (χ2v) is 11.5. The normalized spacial score (nSPS) is 11.9. The van der Waals surface area contributed by atoms with Crippen LogP contribution in [0.2, 0.25) is 0 Å². The van der Waals surface area contributed by atoms with Gasteiger partial charge in [0.25, 0.3) is 0 Å². The van der Waals surface area contributed by atoms with E-state index in [9.17, 15) is 0 Å². The number of rotatable bonds is 9. The van der Waals surface area contributed by atoms with Gasteiger partial charge in [0, 0.05) is 0 Å². The molecule has 0 N–H and O–H groups in total. The van der Waals surface area contributed by atoms with Crippen molar-refractivity contribution in [2.45, 2.75) is 92.9 Å². The summed E-state index contributed by atoms with van der Waals surface area (Å²) in [5, 5.41) is 0. The smallest absolute Gasteiger partial charge is 1.00 e. The number of hydrogen-bond acceptors (Lipinski definition) is 3. The van der Waals surface area contributed by atoms with E-state index in [0.29, 0.717) is 23.7 Å². The van der Waals surface area contributed by atoms with Crippen LogP contribution < -0.4 is 34.0 Å². The van der Waals surface area contributed by atoms with Crippen molar-refractivity contribution in [2.24, 2.45) is 9.98 Å². The van der Waals surface area contributed by atoms with Crippen LogP contribution in [0.15, 0.2) is 65.1 Å². The number of hydrogen-bond donors (Lipinski definition) is 0. The molecule has 41 heavy (non-hydrogen) atoms. The molecule has 0 aliphatic carbocycles. The molecule has 3 nitrogen and oxygen atoms in total. The molecule has 3 aromatic rings. The van der Waals surface area contributed by atoms with Crippen LogP contribution in [0.4, 0.5) is 11.4 Å². The minimum absolute atomic E-state index is 0. The van der Waals surface area contributed by atoms with Gasteiger partial charge >= 0.3 is 16.8 Å². The molecule has 0 amide bonds. The van der Waals surface area contributed by atoms with Crippen LogP contribution in [0.5, 0.6) is 0 Å². The molecule has 0 aliphatic rings. The predicted octanol–water partition coefficient (Wildman–Crippen LogP) is 4.51. The molecule has 0 spiro atoms. The first-order valence-corrected chi connectivity index (χ1v) is 14.0. The maximum Gasteiger partial charge on any atom is 2.00 e. The van der Waals surface area contributed by atoms with Gasteiger partial charge in [0.15, 0.2) is 0 Å². The Hall–Kier alpha value is -1.86. The van der Waals surface area contributed by atoms with E-state index in [0.717, 1.165) is 39.7 Å². The van der Waals surface area contributed by atoms with Gasteiger partial charge in [-0.05, 0) is 89.6 Å². The maximum atomic E-state index is 5.19. The van der Waals surface area contributed by atoms with Gasteiger partial charge in [-0.1, -0.05) is 92.3 Å². The van der Waals surface area contributed by atoms with Gasteiger partial charge in [0.05, 0.1) is 34.2 Å². The zero-order valence-corrected chi connectivity index (χ0v) is 30.4. The monoisotopic (exact) mass is 724 g/mol. The molecular weight excluding hydrogens is 681 g/mol. The topological polar surface area (TPSA) is 37.6 Å². The molecular formula is C35H45Br2CoN3.